The Morgan fingerprint density at radius 3 is 2.00 bits per heavy atom. The number of ether oxygens (including phenoxy) is 3. The Bertz CT molecular complexity index is 456. The van der Waals surface area contributed by atoms with E-state index in [9.17, 15) is 10.1 Å². The van der Waals surface area contributed by atoms with Crippen LogP contribution in [0.5, 0.6) is 17.2 Å². The SMILES string of the molecule is COc1cc(C(C)=C[N+](=O)[O-])cc(OC)c1OC. The number of nitrogens with zero attached hydrogens (tertiary/aromatic N) is 1. The van der Waals surface area contributed by atoms with Gasteiger partial charge in [0.2, 0.25) is 11.9 Å². The van der Waals surface area contributed by atoms with Crippen molar-refractivity contribution in [2.45, 2.75) is 6.92 Å². The summed E-state index contributed by atoms with van der Waals surface area (Å²) in [7, 11) is 4.49. The maximum Gasteiger partial charge on any atom is 0.237 e. The Labute approximate surface area is 105 Å². The van der Waals surface area contributed by atoms with Gasteiger partial charge in [0.1, 0.15) is 0 Å². The highest BCUT2D eigenvalue weighted by atomic mass is 16.6. The number of methoxy groups -OCH3 is 3. The summed E-state index contributed by atoms with van der Waals surface area (Å²) >= 11 is 0. The first-order chi connectivity index (χ1) is 8.53. The highest BCUT2D eigenvalue weighted by Gasteiger charge is 2.14. The molecule has 18 heavy (non-hydrogen) atoms. The fraction of sp³-hybridized carbons (Fsp3) is 0.333. The van der Waals surface area contributed by atoms with Crippen LogP contribution in [-0.4, -0.2) is 26.3 Å². The lowest BCUT2D eigenvalue weighted by atomic mass is 10.1. The van der Waals surface area contributed by atoms with E-state index in [0.717, 1.165) is 6.20 Å². The quantitative estimate of drug-likeness (QED) is 0.595. The van der Waals surface area contributed by atoms with Crippen LogP contribution in [0.4, 0.5) is 0 Å². The second-order valence-corrected chi connectivity index (χ2v) is 3.51. The van der Waals surface area contributed by atoms with Gasteiger partial charge in [0.05, 0.1) is 26.3 Å². The van der Waals surface area contributed by atoms with Crippen LogP contribution in [0.25, 0.3) is 5.57 Å². The monoisotopic (exact) mass is 253 g/mol. The van der Waals surface area contributed by atoms with Crippen molar-refractivity contribution in [2.75, 3.05) is 21.3 Å². The van der Waals surface area contributed by atoms with Gasteiger partial charge in [-0.3, -0.25) is 10.1 Å². The van der Waals surface area contributed by atoms with Gasteiger partial charge < -0.3 is 14.2 Å². The number of benzene rings is 1. The molecule has 0 bridgehead atoms. The van der Waals surface area contributed by atoms with Crippen molar-refractivity contribution in [3.05, 3.63) is 34.0 Å². The van der Waals surface area contributed by atoms with Crippen LogP contribution in [0.2, 0.25) is 0 Å². The summed E-state index contributed by atoms with van der Waals surface area (Å²) in [4.78, 5) is 9.96. The summed E-state index contributed by atoms with van der Waals surface area (Å²) in [5.74, 6) is 1.38. The summed E-state index contributed by atoms with van der Waals surface area (Å²) in [6.45, 7) is 1.64. The highest BCUT2D eigenvalue weighted by Crippen LogP contribution is 2.39. The van der Waals surface area contributed by atoms with Gasteiger partial charge in [-0.25, -0.2) is 0 Å². The second kappa shape index (κ2) is 5.90. The third-order valence-corrected chi connectivity index (χ3v) is 2.42. The fourth-order valence-corrected chi connectivity index (χ4v) is 1.54. The van der Waals surface area contributed by atoms with Crippen molar-refractivity contribution in [2.24, 2.45) is 0 Å². The number of rotatable bonds is 5. The molecular formula is C12H15NO5. The second-order valence-electron chi connectivity index (χ2n) is 3.51. The van der Waals surface area contributed by atoms with Crippen LogP contribution in [-0.2, 0) is 0 Å². The van der Waals surface area contributed by atoms with Gasteiger partial charge in [-0.05, 0) is 24.6 Å². The largest absolute Gasteiger partial charge is 0.493 e. The van der Waals surface area contributed by atoms with E-state index in [2.05, 4.69) is 0 Å². The topological polar surface area (TPSA) is 70.8 Å². The zero-order chi connectivity index (χ0) is 13.7. The molecule has 1 aromatic rings. The lowest BCUT2D eigenvalue weighted by molar-refractivity contribution is -0.401. The van der Waals surface area contributed by atoms with E-state index in [1.165, 1.54) is 21.3 Å². The first-order valence-corrected chi connectivity index (χ1v) is 5.15. The molecular weight excluding hydrogens is 238 g/mol. The highest BCUT2D eigenvalue weighted by molar-refractivity contribution is 5.69. The van der Waals surface area contributed by atoms with Crippen LogP contribution in [0.3, 0.4) is 0 Å². The smallest absolute Gasteiger partial charge is 0.237 e. The normalized spacial score (nSPS) is 11.0. The van der Waals surface area contributed by atoms with Crippen LogP contribution in [0, 0.1) is 10.1 Å². The standard InChI is InChI=1S/C12H15NO5/c1-8(7-13(14)15)9-5-10(16-2)12(18-4)11(6-9)17-3/h5-7H,1-4H3. The first kappa shape index (κ1) is 13.8. The molecule has 0 spiro atoms. The lowest BCUT2D eigenvalue weighted by Gasteiger charge is -2.13. The maximum absolute atomic E-state index is 10.5. The third-order valence-electron chi connectivity index (χ3n) is 2.42. The zero-order valence-electron chi connectivity index (χ0n) is 10.7. The van der Waals surface area contributed by atoms with Gasteiger partial charge in [0.15, 0.2) is 11.5 Å². The predicted molar refractivity (Wildman–Crippen MR) is 66.7 cm³/mol. The summed E-state index contributed by atoms with van der Waals surface area (Å²) in [6, 6.07) is 3.33. The lowest BCUT2D eigenvalue weighted by Crippen LogP contribution is -1.97. The van der Waals surface area contributed by atoms with Crippen LogP contribution in [0.15, 0.2) is 18.3 Å². The Morgan fingerprint density at radius 2 is 1.67 bits per heavy atom. The molecule has 98 valence electrons. The van der Waals surface area contributed by atoms with Crippen LogP contribution >= 0.6 is 0 Å². The first-order valence-electron chi connectivity index (χ1n) is 5.15. The predicted octanol–water partition coefficient (Wildman–Crippen LogP) is 2.35. The molecule has 0 atom stereocenters. The minimum atomic E-state index is -0.501. The molecule has 0 aromatic heterocycles. The number of nitro groups is 1. The van der Waals surface area contributed by atoms with Gasteiger partial charge in [-0.15, -0.1) is 0 Å². The molecule has 0 aliphatic heterocycles. The summed E-state index contributed by atoms with van der Waals surface area (Å²) < 4.78 is 15.5. The van der Waals surface area contributed by atoms with E-state index < -0.39 is 4.92 Å². The Balaban J connectivity index is 3.36. The summed E-state index contributed by atoms with van der Waals surface area (Å²) in [5.41, 5.74) is 1.14. The minimum Gasteiger partial charge on any atom is -0.493 e. The Hall–Kier alpha value is -2.24. The fourth-order valence-electron chi connectivity index (χ4n) is 1.54. The van der Waals surface area contributed by atoms with Gasteiger partial charge >= 0.3 is 0 Å². The third kappa shape index (κ3) is 2.91. The maximum atomic E-state index is 10.5. The van der Waals surface area contributed by atoms with Crippen molar-refractivity contribution in [1.82, 2.24) is 0 Å². The molecule has 0 unspecified atom stereocenters. The van der Waals surface area contributed by atoms with Crippen molar-refractivity contribution in [3.63, 3.8) is 0 Å². The summed E-state index contributed by atoms with van der Waals surface area (Å²) in [5, 5.41) is 10.5. The molecule has 0 saturated carbocycles. The molecule has 1 aromatic carbocycles. The van der Waals surface area contributed by atoms with E-state index in [1.54, 1.807) is 19.1 Å². The van der Waals surface area contributed by atoms with E-state index in [4.69, 9.17) is 14.2 Å². The molecule has 6 heteroatoms. The van der Waals surface area contributed by atoms with E-state index in [-0.39, 0.29) is 0 Å². The molecule has 1 rings (SSSR count). The molecule has 0 saturated heterocycles. The molecule has 0 fully saturated rings. The van der Waals surface area contributed by atoms with Gasteiger partial charge in [-0.2, -0.15) is 0 Å². The number of allylic oxidation sites excluding steroid dienone is 1. The number of hydrogen-bond acceptors (Lipinski definition) is 5. The molecule has 0 amide bonds. The number of hydrogen-bond donors (Lipinski definition) is 0. The van der Waals surface area contributed by atoms with Crippen molar-refractivity contribution < 1.29 is 19.1 Å². The van der Waals surface area contributed by atoms with E-state index in [0.29, 0.717) is 28.4 Å². The van der Waals surface area contributed by atoms with Gasteiger partial charge in [0.25, 0.3) is 0 Å². The van der Waals surface area contributed by atoms with Gasteiger partial charge in [0, 0.05) is 5.57 Å². The van der Waals surface area contributed by atoms with Crippen molar-refractivity contribution >= 4 is 5.57 Å². The van der Waals surface area contributed by atoms with E-state index >= 15 is 0 Å². The van der Waals surface area contributed by atoms with Crippen LogP contribution in [0.1, 0.15) is 12.5 Å². The van der Waals surface area contributed by atoms with Crippen LogP contribution < -0.4 is 14.2 Å². The van der Waals surface area contributed by atoms with Crippen molar-refractivity contribution in [1.29, 1.82) is 0 Å². The Morgan fingerprint density at radius 1 is 1.17 bits per heavy atom. The summed E-state index contributed by atoms with van der Waals surface area (Å²) in [6.07, 6.45) is 0.931. The molecule has 0 N–H and O–H groups in total. The molecule has 0 aliphatic rings. The average molecular weight is 253 g/mol. The Kier molecular flexibility index (Phi) is 4.53. The molecule has 0 aliphatic carbocycles. The minimum absolute atomic E-state index is 0.456. The molecule has 0 radical (unpaired) electrons. The van der Waals surface area contributed by atoms with Gasteiger partial charge in [-0.1, -0.05) is 0 Å². The molecule has 0 heterocycles. The average Bonchev–Trinajstić information content (AvgIpc) is 2.35. The van der Waals surface area contributed by atoms with E-state index in [1.807, 2.05) is 0 Å². The molecule has 6 nitrogen and oxygen atoms in total. The van der Waals surface area contributed by atoms with Crippen molar-refractivity contribution in [3.8, 4) is 17.2 Å². The zero-order valence-corrected chi connectivity index (χ0v) is 10.7.